The molecular formula is C20H20N4O2S. The maximum absolute atomic E-state index is 12.7. The van der Waals surface area contributed by atoms with Gasteiger partial charge in [0.15, 0.2) is 0 Å². The predicted octanol–water partition coefficient (Wildman–Crippen LogP) is 3.55. The van der Waals surface area contributed by atoms with E-state index in [1.165, 1.54) is 11.3 Å². The standard InChI is InChI=1S/C20H20N4O2S/c1-23(12-14-11-21-24(13-14)16-5-3-2-4-6-16)20(26)17-9-10-18(27-17)22-19(25)15-7-8-15/h2-6,9-11,13,15H,7-8,12H2,1H3,(H,22,25). The van der Waals surface area contributed by atoms with Crippen molar-refractivity contribution in [1.82, 2.24) is 14.7 Å². The molecule has 2 amide bonds. The number of carbonyl (C=O) groups excluding carboxylic acids is 2. The lowest BCUT2D eigenvalue weighted by atomic mass is 10.3. The summed E-state index contributed by atoms with van der Waals surface area (Å²) in [5, 5.41) is 7.97. The topological polar surface area (TPSA) is 67.2 Å². The van der Waals surface area contributed by atoms with Crippen molar-refractivity contribution in [3.63, 3.8) is 0 Å². The van der Waals surface area contributed by atoms with Gasteiger partial charge in [0, 0.05) is 31.3 Å². The second kappa shape index (κ2) is 7.36. The van der Waals surface area contributed by atoms with E-state index >= 15 is 0 Å². The predicted molar refractivity (Wildman–Crippen MR) is 105 cm³/mol. The van der Waals surface area contributed by atoms with Crippen molar-refractivity contribution in [1.29, 1.82) is 0 Å². The Morgan fingerprint density at radius 2 is 2.00 bits per heavy atom. The highest BCUT2D eigenvalue weighted by molar-refractivity contribution is 7.18. The van der Waals surface area contributed by atoms with Gasteiger partial charge in [-0.15, -0.1) is 11.3 Å². The minimum absolute atomic E-state index is 0.0533. The average Bonchev–Trinajstić information content (AvgIpc) is 3.27. The molecule has 0 saturated heterocycles. The molecule has 0 unspecified atom stereocenters. The number of hydrogen-bond donors (Lipinski definition) is 1. The number of thiophene rings is 1. The van der Waals surface area contributed by atoms with Crippen molar-refractivity contribution in [2.45, 2.75) is 19.4 Å². The number of hydrogen-bond acceptors (Lipinski definition) is 4. The maximum atomic E-state index is 12.7. The molecule has 6 nitrogen and oxygen atoms in total. The molecule has 27 heavy (non-hydrogen) atoms. The van der Waals surface area contributed by atoms with Crippen LogP contribution < -0.4 is 5.32 Å². The first-order valence-corrected chi connectivity index (χ1v) is 9.67. The molecule has 0 spiro atoms. The van der Waals surface area contributed by atoms with E-state index in [2.05, 4.69) is 10.4 Å². The Hall–Kier alpha value is -2.93. The van der Waals surface area contributed by atoms with Crippen molar-refractivity contribution >= 4 is 28.2 Å². The van der Waals surface area contributed by atoms with E-state index < -0.39 is 0 Å². The zero-order valence-electron chi connectivity index (χ0n) is 15.0. The fourth-order valence-corrected chi connectivity index (χ4v) is 3.69. The number of rotatable bonds is 6. The van der Waals surface area contributed by atoms with Crippen LogP contribution in [0, 0.1) is 5.92 Å². The van der Waals surface area contributed by atoms with Gasteiger partial charge >= 0.3 is 0 Å². The van der Waals surface area contributed by atoms with E-state index in [-0.39, 0.29) is 17.7 Å². The summed E-state index contributed by atoms with van der Waals surface area (Å²) in [6.45, 7) is 0.466. The van der Waals surface area contributed by atoms with Crippen molar-refractivity contribution in [3.8, 4) is 5.69 Å². The van der Waals surface area contributed by atoms with Crippen molar-refractivity contribution < 1.29 is 9.59 Å². The third-order valence-electron chi connectivity index (χ3n) is 4.43. The number of nitrogens with zero attached hydrogens (tertiary/aromatic N) is 3. The zero-order chi connectivity index (χ0) is 18.8. The van der Waals surface area contributed by atoms with Gasteiger partial charge in [-0.05, 0) is 37.1 Å². The van der Waals surface area contributed by atoms with Crippen LogP contribution in [0.3, 0.4) is 0 Å². The molecule has 1 N–H and O–H groups in total. The minimum Gasteiger partial charge on any atom is -0.337 e. The second-order valence-electron chi connectivity index (χ2n) is 6.72. The Morgan fingerprint density at radius 3 is 2.74 bits per heavy atom. The lowest BCUT2D eigenvalue weighted by Gasteiger charge is -2.14. The van der Waals surface area contributed by atoms with E-state index in [0.29, 0.717) is 11.4 Å². The van der Waals surface area contributed by atoms with Crippen LogP contribution in [0.4, 0.5) is 5.00 Å². The molecular weight excluding hydrogens is 360 g/mol. The molecule has 0 aliphatic heterocycles. The molecule has 0 bridgehead atoms. The molecule has 2 aromatic heterocycles. The van der Waals surface area contributed by atoms with Crippen LogP contribution >= 0.6 is 11.3 Å². The highest BCUT2D eigenvalue weighted by atomic mass is 32.1. The lowest BCUT2D eigenvalue weighted by molar-refractivity contribution is -0.117. The van der Waals surface area contributed by atoms with Crippen molar-refractivity contribution in [3.05, 3.63) is 65.3 Å². The molecule has 138 valence electrons. The van der Waals surface area contributed by atoms with Gasteiger partial charge in [-0.25, -0.2) is 4.68 Å². The summed E-state index contributed by atoms with van der Waals surface area (Å²) >= 11 is 1.31. The van der Waals surface area contributed by atoms with Gasteiger partial charge in [0.25, 0.3) is 5.91 Å². The second-order valence-corrected chi connectivity index (χ2v) is 7.80. The number of nitrogens with one attached hydrogen (secondary N) is 1. The summed E-state index contributed by atoms with van der Waals surface area (Å²) in [5.74, 6) is 0.131. The van der Waals surface area contributed by atoms with Crippen molar-refractivity contribution in [2.75, 3.05) is 12.4 Å². The Labute approximate surface area is 161 Å². The monoisotopic (exact) mass is 380 g/mol. The fraction of sp³-hybridized carbons (Fsp3) is 0.250. The summed E-state index contributed by atoms with van der Waals surface area (Å²) < 4.78 is 1.80. The summed E-state index contributed by atoms with van der Waals surface area (Å²) in [6, 6.07) is 13.4. The molecule has 3 aromatic rings. The summed E-state index contributed by atoms with van der Waals surface area (Å²) in [6.07, 6.45) is 5.62. The highest BCUT2D eigenvalue weighted by Crippen LogP contribution is 2.31. The van der Waals surface area contributed by atoms with Crippen LogP contribution in [0.5, 0.6) is 0 Å². The van der Waals surface area contributed by atoms with E-state index in [0.717, 1.165) is 29.1 Å². The number of amides is 2. The first-order valence-electron chi connectivity index (χ1n) is 8.85. The number of benzene rings is 1. The molecule has 4 rings (SSSR count). The zero-order valence-corrected chi connectivity index (χ0v) is 15.8. The number of anilines is 1. The Balaban J connectivity index is 1.39. The van der Waals surface area contributed by atoms with Gasteiger partial charge in [0.2, 0.25) is 5.91 Å². The molecule has 1 aliphatic rings. The largest absolute Gasteiger partial charge is 0.337 e. The fourth-order valence-electron chi connectivity index (χ4n) is 2.79. The molecule has 1 aromatic carbocycles. The molecule has 0 radical (unpaired) electrons. The lowest BCUT2D eigenvalue weighted by Crippen LogP contribution is -2.25. The van der Waals surface area contributed by atoms with Crippen LogP contribution in [0.2, 0.25) is 0 Å². The number of carbonyl (C=O) groups is 2. The van der Waals surface area contributed by atoms with Crippen LogP contribution in [0.1, 0.15) is 28.1 Å². The highest BCUT2D eigenvalue weighted by Gasteiger charge is 2.30. The van der Waals surface area contributed by atoms with Crippen LogP contribution in [0.25, 0.3) is 5.69 Å². The first-order chi connectivity index (χ1) is 13.1. The van der Waals surface area contributed by atoms with Gasteiger partial charge in [0.05, 0.1) is 21.8 Å². The molecule has 1 fully saturated rings. The van der Waals surface area contributed by atoms with Crippen LogP contribution in [-0.4, -0.2) is 33.5 Å². The third kappa shape index (κ3) is 4.09. The third-order valence-corrected chi connectivity index (χ3v) is 5.42. The summed E-state index contributed by atoms with van der Waals surface area (Å²) in [7, 11) is 1.77. The smallest absolute Gasteiger partial charge is 0.264 e. The van der Waals surface area contributed by atoms with E-state index in [1.54, 1.807) is 35.0 Å². The van der Waals surface area contributed by atoms with Gasteiger partial charge in [-0.1, -0.05) is 18.2 Å². The molecule has 1 aliphatic carbocycles. The van der Waals surface area contributed by atoms with Gasteiger partial charge < -0.3 is 10.2 Å². The normalized spacial score (nSPS) is 13.4. The molecule has 7 heteroatoms. The van der Waals surface area contributed by atoms with E-state index in [1.807, 2.05) is 36.5 Å². The van der Waals surface area contributed by atoms with Gasteiger partial charge in [0.1, 0.15) is 0 Å². The average molecular weight is 380 g/mol. The SMILES string of the molecule is CN(Cc1cnn(-c2ccccc2)c1)C(=O)c1ccc(NC(=O)C2CC2)s1. The van der Waals surface area contributed by atoms with E-state index in [4.69, 9.17) is 0 Å². The Morgan fingerprint density at radius 1 is 1.22 bits per heavy atom. The molecule has 1 saturated carbocycles. The minimum atomic E-state index is -0.0700. The summed E-state index contributed by atoms with van der Waals surface area (Å²) in [4.78, 5) is 26.8. The molecule has 0 atom stereocenters. The maximum Gasteiger partial charge on any atom is 0.264 e. The number of para-hydroxylation sites is 1. The van der Waals surface area contributed by atoms with Gasteiger partial charge in [-0.3, -0.25) is 9.59 Å². The van der Waals surface area contributed by atoms with Crippen LogP contribution in [-0.2, 0) is 11.3 Å². The van der Waals surface area contributed by atoms with E-state index in [9.17, 15) is 9.59 Å². The van der Waals surface area contributed by atoms with Crippen molar-refractivity contribution in [2.24, 2.45) is 5.92 Å². The van der Waals surface area contributed by atoms with Crippen LogP contribution in [0.15, 0.2) is 54.9 Å². The Bertz CT molecular complexity index is 959. The molecule has 2 heterocycles. The number of aromatic nitrogens is 2. The first kappa shape index (κ1) is 17.5. The quantitative estimate of drug-likeness (QED) is 0.711. The Kier molecular flexibility index (Phi) is 4.77. The summed E-state index contributed by atoms with van der Waals surface area (Å²) in [5.41, 5.74) is 1.93. The van der Waals surface area contributed by atoms with Gasteiger partial charge in [-0.2, -0.15) is 5.10 Å².